The summed E-state index contributed by atoms with van der Waals surface area (Å²) in [6, 6.07) is 8.48. The fraction of sp³-hybridized carbons (Fsp3) is 0.385. The highest BCUT2D eigenvalue weighted by Crippen LogP contribution is 2.48. The minimum absolute atomic E-state index is 0.127. The summed E-state index contributed by atoms with van der Waals surface area (Å²) in [6.07, 6.45) is -0.820. The predicted molar refractivity (Wildman–Crippen MR) is 133 cm³/mol. The van der Waals surface area contributed by atoms with Crippen LogP contribution in [0.5, 0.6) is 0 Å². The molecular formula is C26H27F3N2S2. The molecule has 0 saturated carbocycles. The highest BCUT2D eigenvalue weighted by Gasteiger charge is 2.47. The number of hydrogen-bond acceptors (Lipinski definition) is 4. The highest BCUT2D eigenvalue weighted by molar-refractivity contribution is 7.26. The van der Waals surface area contributed by atoms with Crippen molar-refractivity contribution in [3.8, 4) is 21.0 Å². The molecule has 7 heteroatoms. The Morgan fingerprint density at radius 2 is 1.64 bits per heavy atom. The third-order valence-electron chi connectivity index (χ3n) is 5.85. The Morgan fingerprint density at radius 3 is 2.24 bits per heavy atom. The second kappa shape index (κ2) is 8.51. The average molecular weight is 489 g/mol. The molecule has 0 spiro atoms. The van der Waals surface area contributed by atoms with E-state index in [0.717, 1.165) is 31.1 Å². The van der Waals surface area contributed by atoms with Gasteiger partial charge >= 0.3 is 6.18 Å². The second-order valence-corrected chi connectivity index (χ2v) is 11.7. The van der Waals surface area contributed by atoms with Crippen molar-refractivity contribution in [2.24, 2.45) is 5.41 Å². The van der Waals surface area contributed by atoms with Crippen LogP contribution in [0.3, 0.4) is 0 Å². The number of benzene rings is 1. The largest absolute Gasteiger partial charge is 0.394 e. The second-order valence-electron chi connectivity index (χ2n) is 9.59. The highest BCUT2D eigenvalue weighted by atomic mass is 32.1. The molecule has 0 radical (unpaired) electrons. The molecule has 0 bridgehead atoms. The molecule has 0 saturated heterocycles. The number of fused-ring (bicyclic) bond motifs is 1. The number of aryl methyl sites for hydroxylation is 2. The Morgan fingerprint density at radius 1 is 0.970 bits per heavy atom. The summed E-state index contributed by atoms with van der Waals surface area (Å²) in [5, 5.41) is 1.66. The first-order chi connectivity index (χ1) is 15.4. The molecule has 2 nitrogen and oxygen atoms in total. The Labute approximate surface area is 200 Å². The summed E-state index contributed by atoms with van der Waals surface area (Å²) in [7, 11) is 0. The van der Waals surface area contributed by atoms with Gasteiger partial charge in [-0.1, -0.05) is 44.9 Å². The van der Waals surface area contributed by atoms with Crippen LogP contribution < -0.4 is 0 Å². The molecule has 3 heterocycles. The van der Waals surface area contributed by atoms with Crippen LogP contribution in [0.4, 0.5) is 13.2 Å². The lowest BCUT2D eigenvalue weighted by molar-refractivity contribution is -0.211. The van der Waals surface area contributed by atoms with Crippen LogP contribution in [0.25, 0.3) is 31.1 Å². The lowest BCUT2D eigenvalue weighted by atomic mass is 9.89. The lowest BCUT2D eigenvalue weighted by Gasteiger charge is -2.26. The Balaban J connectivity index is 1.84. The molecule has 0 unspecified atom stereocenters. The molecule has 0 atom stereocenters. The number of halogens is 3. The van der Waals surface area contributed by atoms with Gasteiger partial charge in [0.25, 0.3) is 0 Å². The lowest BCUT2D eigenvalue weighted by Crippen LogP contribution is -2.34. The zero-order valence-corrected chi connectivity index (χ0v) is 21.2. The smallest absolute Gasteiger partial charge is 0.255 e. The predicted octanol–water partition coefficient (Wildman–Crippen LogP) is 8.96. The number of aromatic nitrogens is 2. The standard InChI is InChI=1S/C26H27F3N2S2/c1-14(2)21-18-7-8-30-22(17-10-15(3)9-16(4)11-17)23(18)33-24(21)19-13-31-20(32-19)12-25(5,6)26(27,28)29/h7-11,13-14H,12H2,1-6H3. The van der Waals surface area contributed by atoms with E-state index >= 15 is 0 Å². The molecule has 0 fully saturated rings. The van der Waals surface area contributed by atoms with E-state index in [2.05, 4.69) is 50.9 Å². The van der Waals surface area contributed by atoms with Gasteiger partial charge < -0.3 is 0 Å². The Kier molecular flexibility index (Phi) is 6.16. The van der Waals surface area contributed by atoms with E-state index in [1.54, 1.807) is 17.5 Å². The number of pyridine rings is 1. The zero-order valence-electron chi connectivity index (χ0n) is 19.6. The monoisotopic (exact) mass is 488 g/mol. The van der Waals surface area contributed by atoms with Crippen molar-refractivity contribution in [1.82, 2.24) is 9.97 Å². The summed E-state index contributed by atoms with van der Waals surface area (Å²) >= 11 is 3.02. The van der Waals surface area contributed by atoms with Crippen molar-refractivity contribution in [3.63, 3.8) is 0 Å². The first-order valence-corrected chi connectivity index (χ1v) is 12.5. The van der Waals surface area contributed by atoms with Gasteiger partial charge in [0.1, 0.15) is 0 Å². The van der Waals surface area contributed by atoms with Gasteiger partial charge in [-0.05, 0) is 43.5 Å². The van der Waals surface area contributed by atoms with Gasteiger partial charge in [0.2, 0.25) is 0 Å². The molecule has 0 aliphatic carbocycles. The van der Waals surface area contributed by atoms with Gasteiger partial charge in [0, 0.05) is 29.8 Å². The zero-order chi connectivity index (χ0) is 24.1. The number of rotatable bonds is 5. The number of hydrogen-bond donors (Lipinski definition) is 0. The van der Waals surface area contributed by atoms with Gasteiger partial charge in [-0.25, -0.2) is 4.98 Å². The van der Waals surface area contributed by atoms with Crippen LogP contribution in [-0.2, 0) is 6.42 Å². The Hall–Kier alpha value is -2.25. The summed E-state index contributed by atoms with van der Waals surface area (Å²) in [6.45, 7) is 10.9. The molecular weight excluding hydrogens is 461 g/mol. The van der Waals surface area contributed by atoms with Crippen molar-refractivity contribution in [2.45, 2.75) is 60.1 Å². The molecule has 33 heavy (non-hydrogen) atoms. The van der Waals surface area contributed by atoms with Crippen molar-refractivity contribution in [1.29, 1.82) is 0 Å². The molecule has 0 aliphatic rings. The van der Waals surface area contributed by atoms with E-state index in [1.165, 1.54) is 41.9 Å². The maximum absolute atomic E-state index is 13.4. The normalized spacial score (nSPS) is 12.8. The number of nitrogens with zero attached hydrogens (tertiary/aromatic N) is 2. The van der Waals surface area contributed by atoms with Crippen molar-refractivity contribution in [2.75, 3.05) is 0 Å². The topological polar surface area (TPSA) is 25.8 Å². The summed E-state index contributed by atoms with van der Waals surface area (Å²) < 4.78 is 41.3. The van der Waals surface area contributed by atoms with Crippen LogP contribution in [0.15, 0.2) is 36.7 Å². The fourth-order valence-electron chi connectivity index (χ4n) is 4.09. The minimum atomic E-state index is -4.27. The van der Waals surface area contributed by atoms with Crippen molar-refractivity contribution < 1.29 is 13.2 Å². The average Bonchev–Trinajstić information content (AvgIpc) is 3.29. The molecule has 4 aromatic rings. The van der Waals surface area contributed by atoms with Crippen LogP contribution in [0.2, 0.25) is 0 Å². The molecule has 0 aliphatic heterocycles. The molecule has 4 rings (SSSR count). The van der Waals surface area contributed by atoms with E-state index < -0.39 is 11.6 Å². The summed E-state index contributed by atoms with van der Waals surface area (Å²) in [5.74, 6) is 0.250. The van der Waals surface area contributed by atoms with E-state index in [9.17, 15) is 13.2 Å². The first kappa shape index (κ1) is 23.9. The van der Waals surface area contributed by atoms with Gasteiger partial charge in [-0.3, -0.25) is 4.98 Å². The van der Waals surface area contributed by atoms with Gasteiger partial charge in [0.15, 0.2) is 0 Å². The third kappa shape index (κ3) is 4.58. The van der Waals surface area contributed by atoms with Crippen LogP contribution in [0.1, 0.15) is 55.3 Å². The maximum Gasteiger partial charge on any atom is 0.394 e. The first-order valence-electron chi connectivity index (χ1n) is 10.9. The molecule has 174 valence electrons. The van der Waals surface area contributed by atoms with Gasteiger partial charge in [0.05, 0.1) is 30.6 Å². The quantitative estimate of drug-likeness (QED) is 0.280. The van der Waals surface area contributed by atoms with Crippen LogP contribution in [0, 0.1) is 19.3 Å². The van der Waals surface area contributed by atoms with E-state index in [0.29, 0.717) is 5.01 Å². The summed E-state index contributed by atoms with van der Waals surface area (Å²) in [4.78, 5) is 11.1. The van der Waals surface area contributed by atoms with Crippen LogP contribution in [-0.4, -0.2) is 16.1 Å². The number of thiazole rings is 1. The van der Waals surface area contributed by atoms with E-state index in [-0.39, 0.29) is 12.3 Å². The molecule has 3 aromatic heterocycles. The molecule has 1 aromatic carbocycles. The number of thiophene rings is 1. The van der Waals surface area contributed by atoms with E-state index in [1.807, 2.05) is 12.3 Å². The van der Waals surface area contributed by atoms with Crippen molar-refractivity contribution in [3.05, 3.63) is 58.4 Å². The van der Waals surface area contributed by atoms with E-state index in [4.69, 9.17) is 4.98 Å². The molecule has 0 amide bonds. The van der Waals surface area contributed by atoms with Gasteiger partial charge in [-0.2, -0.15) is 13.2 Å². The number of alkyl halides is 3. The minimum Gasteiger partial charge on any atom is -0.255 e. The fourth-order valence-corrected chi connectivity index (χ4v) is 6.81. The molecule has 0 N–H and O–H groups in total. The van der Waals surface area contributed by atoms with Gasteiger partial charge in [-0.15, -0.1) is 22.7 Å². The maximum atomic E-state index is 13.4. The van der Waals surface area contributed by atoms with Crippen LogP contribution >= 0.6 is 22.7 Å². The van der Waals surface area contributed by atoms with Crippen molar-refractivity contribution >= 4 is 32.8 Å². The Bertz CT molecular complexity index is 1290. The summed E-state index contributed by atoms with van der Waals surface area (Å²) in [5.41, 5.74) is 3.78. The third-order valence-corrected chi connectivity index (χ3v) is 8.26. The SMILES string of the molecule is Cc1cc(C)cc(-c2nccc3c(C(C)C)c(-c4cnc(CC(C)(C)C(F)(F)F)s4)sc23)c1.